The maximum atomic E-state index is 13.1. The molecule has 0 aliphatic carbocycles. The molecular formula is C24H17ClFNO3S. The third-order valence-corrected chi connectivity index (χ3v) is 5.95. The summed E-state index contributed by atoms with van der Waals surface area (Å²) < 4.78 is 19.0. The Morgan fingerprint density at radius 3 is 2.45 bits per heavy atom. The van der Waals surface area contributed by atoms with Gasteiger partial charge >= 0.3 is 0 Å². The van der Waals surface area contributed by atoms with Gasteiger partial charge in [-0.15, -0.1) is 0 Å². The Bertz CT molecular complexity index is 1160. The number of para-hydroxylation sites is 1. The number of thioether (sulfide) groups is 1. The second-order valence-electron chi connectivity index (χ2n) is 6.81. The highest BCUT2D eigenvalue weighted by Gasteiger charge is 2.35. The zero-order valence-electron chi connectivity index (χ0n) is 16.3. The van der Waals surface area contributed by atoms with Crippen LogP contribution in [0.3, 0.4) is 0 Å². The van der Waals surface area contributed by atoms with Crippen LogP contribution in [0.25, 0.3) is 6.08 Å². The minimum Gasteiger partial charge on any atom is -0.488 e. The number of nitrogens with zero attached hydrogens (tertiary/aromatic N) is 1. The Kier molecular flexibility index (Phi) is 6.39. The number of hydrogen-bond donors (Lipinski definition) is 0. The summed E-state index contributed by atoms with van der Waals surface area (Å²) in [6.07, 6.45) is 1.65. The molecule has 0 aromatic heterocycles. The van der Waals surface area contributed by atoms with Gasteiger partial charge in [0.15, 0.2) is 0 Å². The van der Waals surface area contributed by atoms with Crippen LogP contribution in [0.15, 0.2) is 77.7 Å². The summed E-state index contributed by atoms with van der Waals surface area (Å²) >= 11 is 7.06. The third kappa shape index (κ3) is 4.98. The fourth-order valence-electron chi connectivity index (χ4n) is 3.05. The molecule has 7 heteroatoms. The molecule has 1 aliphatic rings. The molecule has 0 radical (unpaired) electrons. The molecule has 0 bridgehead atoms. The molecule has 1 saturated heterocycles. The molecule has 3 aromatic carbocycles. The molecule has 1 heterocycles. The number of halogens is 2. The smallest absolute Gasteiger partial charge is 0.293 e. The van der Waals surface area contributed by atoms with E-state index in [4.69, 9.17) is 16.3 Å². The Balaban J connectivity index is 1.52. The summed E-state index contributed by atoms with van der Waals surface area (Å²) in [6.45, 7) is 0.365. The second-order valence-corrected chi connectivity index (χ2v) is 8.21. The van der Waals surface area contributed by atoms with E-state index in [1.807, 2.05) is 36.4 Å². The third-order valence-electron chi connectivity index (χ3n) is 4.67. The van der Waals surface area contributed by atoms with Gasteiger partial charge in [0.2, 0.25) is 0 Å². The Hall–Kier alpha value is -3.09. The number of rotatable bonds is 6. The molecule has 2 amide bonds. The lowest BCUT2D eigenvalue weighted by Crippen LogP contribution is -2.27. The van der Waals surface area contributed by atoms with Crippen molar-refractivity contribution in [3.05, 3.63) is 105 Å². The highest BCUT2D eigenvalue weighted by atomic mass is 35.5. The molecule has 0 unspecified atom stereocenters. The van der Waals surface area contributed by atoms with E-state index >= 15 is 0 Å². The standard InChI is InChI=1S/C24H17ClFNO3S/c25-20-7-3-1-6-18(20)15-30-21-8-4-2-5-17(21)13-22-23(28)27(24(29)31-22)14-16-9-11-19(26)12-10-16/h1-13H,14-15H2/b22-13+. The van der Waals surface area contributed by atoms with Crippen LogP contribution in [0.1, 0.15) is 16.7 Å². The predicted octanol–water partition coefficient (Wildman–Crippen LogP) is 6.29. The number of imide groups is 1. The van der Waals surface area contributed by atoms with E-state index in [0.29, 0.717) is 26.8 Å². The van der Waals surface area contributed by atoms with Crippen molar-refractivity contribution in [1.29, 1.82) is 0 Å². The molecule has 0 saturated carbocycles. The molecular weight excluding hydrogens is 437 g/mol. The lowest BCUT2D eigenvalue weighted by molar-refractivity contribution is -0.123. The first kappa shape index (κ1) is 21.2. The van der Waals surface area contributed by atoms with Crippen LogP contribution < -0.4 is 4.74 Å². The van der Waals surface area contributed by atoms with Crippen LogP contribution in [0, 0.1) is 5.82 Å². The summed E-state index contributed by atoms with van der Waals surface area (Å²) in [5, 5.41) is 0.247. The van der Waals surface area contributed by atoms with Crippen LogP contribution in [0.4, 0.5) is 9.18 Å². The largest absolute Gasteiger partial charge is 0.488 e. The molecule has 1 fully saturated rings. The van der Waals surface area contributed by atoms with Crippen molar-refractivity contribution in [1.82, 2.24) is 4.90 Å². The van der Waals surface area contributed by atoms with Crippen LogP contribution in [-0.4, -0.2) is 16.0 Å². The first-order valence-electron chi connectivity index (χ1n) is 9.46. The van der Waals surface area contributed by atoms with E-state index in [0.717, 1.165) is 22.2 Å². The number of amides is 2. The topological polar surface area (TPSA) is 46.6 Å². The maximum absolute atomic E-state index is 13.1. The first-order chi connectivity index (χ1) is 15.0. The number of carbonyl (C=O) groups is 2. The van der Waals surface area contributed by atoms with Gasteiger partial charge in [0.25, 0.3) is 11.1 Å². The molecule has 3 aromatic rings. The summed E-state index contributed by atoms with van der Waals surface area (Å²) in [5.41, 5.74) is 2.20. The van der Waals surface area contributed by atoms with Crippen molar-refractivity contribution < 1.29 is 18.7 Å². The second kappa shape index (κ2) is 9.37. The van der Waals surface area contributed by atoms with Crippen molar-refractivity contribution >= 4 is 40.6 Å². The molecule has 0 N–H and O–H groups in total. The quantitative estimate of drug-likeness (QED) is 0.411. The van der Waals surface area contributed by atoms with Crippen LogP contribution in [0.5, 0.6) is 5.75 Å². The Morgan fingerprint density at radius 1 is 0.968 bits per heavy atom. The van der Waals surface area contributed by atoms with Gasteiger partial charge in [-0.25, -0.2) is 4.39 Å². The van der Waals surface area contributed by atoms with E-state index in [1.54, 1.807) is 30.3 Å². The molecule has 156 valence electrons. The fraction of sp³-hybridized carbons (Fsp3) is 0.0833. The molecule has 0 spiro atoms. The molecule has 4 nitrogen and oxygen atoms in total. The van der Waals surface area contributed by atoms with Crippen molar-refractivity contribution in [3.8, 4) is 5.75 Å². The Labute approximate surface area is 188 Å². The first-order valence-corrected chi connectivity index (χ1v) is 10.7. The van der Waals surface area contributed by atoms with E-state index < -0.39 is 0 Å². The summed E-state index contributed by atoms with van der Waals surface area (Å²) in [4.78, 5) is 26.7. The lowest BCUT2D eigenvalue weighted by Gasteiger charge is -2.12. The number of ether oxygens (including phenoxy) is 1. The van der Waals surface area contributed by atoms with Gasteiger partial charge in [0.05, 0.1) is 11.4 Å². The van der Waals surface area contributed by atoms with E-state index in [1.165, 1.54) is 12.1 Å². The van der Waals surface area contributed by atoms with Crippen molar-refractivity contribution in [2.45, 2.75) is 13.2 Å². The highest BCUT2D eigenvalue weighted by molar-refractivity contribution is 8.18. The zero-order chi connectivity index (χ0) is 21.8. The van der Waals surface area contributed by atoms with Gasteiger partial charge in [0.1, 0.15) is 18.2 Å². The number of carbonyl (C=O) groups excluding carboxylic acids is 2. The average Bonchev–Trinajstić information content (AvgIpc) is 3.03. The predicted molar refractivity (Wildman–Crippen MR) is 120 cm³/mol. The van der Waals surface area contributed by atoms with E-state index in [9.17, 15) is 14.0 Å². The maximum Gasteiger partial charge on any atom is 0.293 e. The van der Waals surface area contributed by atoms with Gasteiger partial charge in [-0.1, -0.05) is 60.1 Å². The zero-order valence-corrected chi connectivity index (χ0v) is 17.8. The van der Waals surface area contributed by atoms with Crippen molar-refractivity contribution in [2.24, 2.45) is 0 Å². The monoisotopic (exact) mass is 453 g/mol. The van der Waals surface area contributed by atoms with Gasteiger partial charge in [-0.3, -0.25) is 14.5 Å². The van der Waals surface area contributed by atoms with Gasteiger partial charge in [-0.2, -0.15) is 0 Å². The SMILES string of the molecule is O=C1S/C(=C/c2ccccc2OCc2ccccc2Cl)C(=O)N1Cc1ccc(F)cc1. The highest BCUT2D eigenvalue weighted by Crippen LogP contribution is 2.35. The normalized spacial score (nSPS) is 15.0. The van der Waals surface area contributed by atoms with Crippen LogP contribution in [-0.2, 0) is 17.9 Å². The summed E-state index contributed by atoms with van der Waals surface area (Å²) in [5.74, 6) is -0.181. The van der Waals surface area contributed by atoms with Gasteiger partial charge < -0.3 is 4.74 Å². The summed E-state index contributed by atoms with van der Waals surface area (Å²) in [6, 6.07) is 20.4. The number of hydrogen-bond acceptors (Lipinski definition) is 4. The van der Waals surface area contributed by atoms with Crippen molar-refractivity contribution in [2.75, 3.05) is 0 Å². The van der Waals surface area contributed by atoms with E-state index in [-0.39, 0.29) is 30.1 Å². The lowest BCUT2D eigenvalue weighted by atomic mass is 10.1. The molecule has 1 aliphatic heterocycles. The van der Waals surface area contributed by atoms with Gasteiger partial charge in [0, 0.05) is 16.1 Å². The van der Waals surface area contributed by atoms with Crippen LogP contribution in [0.2, 0.25) is 5.02 Å². The minimum absolute atomic E-state index is 0.0902. The molecule has 0 atom stereocenters. The fourth-order valence-corrected chi connectivity index (χ4v) is 4.07. The van der Waals surface area contributed by atoms with Crippen LogP contribution >= 0.6 is 23.4 Å². The molecule has 31 heavy (non-hydrogen) atoms. The summed E-state index contributed by atoms with van der Waals surface area (Å²) in [7, 11) is 0. The van der Waals surface area contributed by atoms with Gasteiger partial charge in [-0.05, 0) is 47.7 Å². The minimum atomic E-state index is -0.389. The number of benzene rings is 3. The average molecular weight is 454 g/mol. The molecule has 4 rings (SSSR count). The van der Waals surface area contributed by atoms with E-state index in [2.05, 4.69) is 0 Å². The van der Waals surface area contributed by atoms with Crippen molar-refractivity contribution in [3.63, 3.8) is 0 Å². The Morgan fingerprint density at radius 2 is 1.68 bits per heavy atom.